The van der Waals surface area contributed by atoms with Crippen molar-refractivity contribution in [2.75, 3.05) is 0 Å². The van der Waals surface area contributed by atoms with Crippen LogP contribution in [0.3, 0.4) is 0 Å². The highest BCUT2D eigenvalue weighted by Gasteiger charge is 2.28. The third-order valence-corrected chi connectivity index (χ3v) is 3.02. The molecule has 0 aliphatic heterocycles. The Kier molecular flexibility index (Phi) is 3.90. The molecular formula is C14H9N3O4. The molecular weight excluding hydrogens is 274 g/mol. The van der Waals surface area contributed by atoms with Crippen molar-refractivity contribution in [1.82, 2.24) is 0 Å². The minimum absolute atomic E-state index is 0.138. The highest BCUT2D eigenvalue weighted by molar-refractivity contribution is 5.55. The summed E-state index contributed by atoms with van der Waals surface area (Å²) in [5.41, 5.74) is -0.192. The first-order chi connectivity index (χ1) is 10.1. The minimum Gasteiger partial charge on any atom is -0.258 e. The Labute approximate surface area is 119 Å². The van der Waals surface area contributed by atoms with Crippen molar-refractivity contribution >= 4 is 11.4 Å². The Bertz CT molecular complexity index is 694. The topological polar surface area (TPSA) is 110 Å². The standard InChI is InChI=1S/C14H9N3O4/c15-9-12(10-5-1-3-7-13(10)16(18)19)11-6-2-4-8-14(11)17(20)21/h1-8,12H. The smallest absolute Gasteiger partial charge is 0.258 e. The Morgan fingerprint density at radius 2 is 1.24 bits per heavy atom. The van der Waals surface area contributed by atoms with Gasteiger partial charge in [0.25, 0.3) is 11.4 Å². The van der Waals surface area contributed by atoms with Gasteiger partial charge >= 0.3 is 0 Å². The van der Waals surface area contributed by atoms with Crippen molar-refractivity contribution in [2.24, 2.45) is 0 Å². The van der Waals surface area contributed by atoms with E-state index in [-0.39, 0.29) is 22.5 Å². The number of para-hydroxylation sites is 2. The zero-order valence-electron chi connectivity index (χ0n) is 10.7. The van der Waals surface area contributed by atoms with Gasteiger partial charge in [0.2, 0.25) is 0 Å². The monoisotopic (exact) mass is 283 g/mol. The molecule has 2 aromatic carbocycles. The van der Waals surface area contributed by atoms with Crippen molar-refractivity contribution in [1.29, 1.82) is 5.26 Å². The predicted octanol–water partition coefficient (Wildman–Crippen LogP) is 3.16. The van der Waals surface area contributed by atoms with Crippen molar-refractivity contribution in [3.8, 4) is 6.07 Å². The molecule has 0 aromatic heterocycles. The zero-order valence-corrected chi connectivity index (χ0v) is 10.7. The van der Waals surface area contributed by atoms with E-state index < -0.39 is 15.8 Å². The summed E-state index contributed by atoms with van der Waals surface area (Å²) in [5.74, 6) is -1.08. The third-order valence-electron chi connectivity index (χ3n) is 3.02. The van der Waals surface area contributed by atoms with Gasteiger partial charge < -0.3 is 0 Å². The summed E-state index contributed by atoms with van der Waals surface area (Å²) in [7, 11) is 0. The molecule has 0 N–H and O–H groups in total. The van der Waals surface area contributed by atoms with Gasteiger partial charge in [0.05, 0.1) is 27.0 Å². The van der Waals surface area contributed by atoms with Crippen LogP contribution in [0.1, 0.15) is 17.0 Å². The lowest BCUT2D eigenvalue weighted by atomic mass is 9.90. The number of nitrogens with zero attached hydrogens (tertiary/aromatic N) is 3. The average Bonchev–Trinajstić information content (AvgIpc) is 2.48. The molecule has 0 aliphatic rings. The largest absolute Gasteiger partial charge is 0.274 e. The number of benzene rings is 2. The number of hydrogen-bond donors (Lipinski definition) is 0. The molecule has 0 fully saturated rings. The second kappa shape index (κ2) is 5.79. The van der Waals surface area contributed by atoms with E-state index in [2.05, 4.69) is 0 Å². The van der Waals surface area contributed by atoms with Crippen LogP contribution in [0.4, 0.5) is 11.4 Å². The number of nitriles is 1. The molecule has 7 heteroatoms. The third kappa shape index (κ3) is 2.69. The van der Waals surface area contributed by atoms with Gasteiger partial charge in [0.1, 0.15) is 5.92 Å². The van der Waals surface area contributed by atoms with Crippen molar-refractivity contribution in [3.05, 3.63) is 79.9 Å². The Balaban J connectivity index is 2.65. The fraction of sp³-hybridized carbons (Fsp3) is 0.0714. The molecule has 0 amide bonds. The van der Waals surface area contributed by atoms with Crippen molar-refractivity contribution < 1.29 is 9.85 Å². The molecule has 0 atom stereocenters. The van der Waals surface area contributed by atoms with Crippen LogP contribution in [-0.2, 0) is 0 Å². The number of hydrogen-bond acceptors (Lipinski definition) is 5. The molecule has 0 unspecified atom stereocenters. The Hall–Kier alpha value is -3.27. The van der Waals surface area contributed by atoms with Crippen LogP contribution in [0, 0.1) is 31.6 Å². The summed E-state index contributed by atoms with van der Waals surface area (Å²) in [6.45, 7) is 0. The molecule has 0 heterocycles. The second-order valence-electron chi connectivity index (χ2n) is 4.19. The molecule has 104 valence electrons. The Morgan fingerprint density at radius 1 is 0.857 bits per heavy atom. The van der Waals surface area contributed by atoms with Gasteiger partial charge in [-0.2, -0.15) is 5.26 Å². The van der Waals surface area contributed by atoms with E-state index in [1.807, 2.05) is 6.07 Å². The van der Waals surface area contributed by atoms with E-state index in [9.17, 15) is 25.5 Å². The fourth-order valence-electron chi connectivity index (χ4n) is 2.10. The van der Waals surface area contributed by atoms with Crippen LogP contribution in [0.25, 0.3) is 0 Å². The summed E-state index contributed by atoms with van der Waals surface area (Å²) < 4.78 is 0. The zero-order chi connectivity index (χ0) is 15.4. The summed E-state index contributed by atoms with van der Waals surface area (Å²) in [6.07, 6.45) is 0. The first-order valence-corrected chi connectivity index (χ1v) is 5.92. The maximum atomic E-state index is 11.1. The molecule has 2 aromatic rings. The van der Waals surface area contributed by atoms with Crippen molar-refractivity contribution in [2.45, 2.75) is 5.92 Å². The Morgan fingerprint density at radius 3 is 1.57 bits per heavy atom. The van der Waals surface area contributed by atoms with Gasteiger partial charge in [-0.05, 0) is 0 Å². The highest BCUT2D eigenvalue weighted by atomic mass is 16.6. The van der Waals surface area contributed by atoms with Crippen LogP contribution < -0.4 is 0 Å². The lowest BCUT2D eigenvalue weighted by Gasteiger charge is -2.10. The van der Waals surface area contributed by atoms with E-state index in [0.717, 1.165) is 0 Å². The molecule has 0 saturated heterocycles. The van der Waals surface area contributed by atoms with E-state index in [4.69, 9.17) is 0 Å². The van der Waals surface area contributed by atoms with Gasteiger partial charge in [0.15, 0.2) is 0 Å². The van der Waals surface area contributed by atoms with Crippen LogP contribution in [0.5, 0.6) is 0 Å². The van der Waals surface area contributed by atoms with Gasteiger partial charge in [-0.3, -0.25) is 20.2 Å². The molecule has 0 spiro atoms. The molecule has 0 aliphatic carbocycles. The minimum atomic E-state index is -1.08. The van der Waals surface area contributed by atoms with Crippen LogP contribution in [0.15, 0.2) is 48.5 Å². The second-order valence-corrected chi connectivity index (χ2v) is 4.19. The quantitative estimate of drug-likeness (QED) is 0.632. The molecule has 0 saturated carbocycles. The number of rotatable bonds is 4. The van der Waals surface area contributed by atoms with E-state index in [0.29, 0.717) is 0 Å². The van der Waals surface area contributed by atoms with E-state index >= 15 is 0 Å². The van der Waals surface area contributed by atoms with E-state index in [1.165, 1.54) is 36.4 Å². The maximum Gasteiger partial charge on any atom is 0.274 e. The summed E-state index contributed by atoms with van der Waals surface area (Å²) in [4.78, 5) is 20.9. The molecule has 7 nitrogen and oxygen atoms in total. The normalized spacial score (nSPS) is 10.1. The van der Waals surface area contributed by atoms with Gasteiger partial charge in [-0.15, -0.1) is 0 Å². The molecule has 21 heavy (non-hydrogen) atoms. The number of nitro groups is 2. The summed E-state index contributed by atoms with van der Waals surface area (Å²) >= 11 is 0. The lowest BCUT2D eigenvalue weighted by molar-refractivity contribution is -0.386. The number of nitro benzene ring substituents is 2. The fourth-order valence-corrected chi connectivity index (χ4v) is 2.10. The molecule has 0 bridgehead atoms. The average molecular weight is 283 g/mol. The van der Waals surface area contributed by atoms with Gasteiger partial charge in [-0.25, -0.2) is 0 Å². The van der Waals surface area contributed by atoms with Crippen LogP contribution in [0.2, 0.25) is 0 Å². The highest BCUT2D eigenvalue weighted by Crippen LogP contribution is 2.35. The van der Waals surface area contributed by atoms with E-state index in [1.54, 1.807) is 12.1 Å². The van der Waals surface area contributed by atoms with Gasteiger partial charge in [0, 0.05) is 12.1 Å². The van der Waals surface area contributed by atoms with Gasteiger partial charge in [-0.1, -0.05) is 36.4 Å². The van der Waals surface area contributed by atoms with Crippen LogP contribution in [-0.4, -0.2) is 9.85 Å². The SMILES string of the molecule is N#CC(c1ccccc1[N+](=O)[O-])c1ccccc1[N+](=O)[O-]. The molecule has 0 radical (unpaired) electrons. The lowest BCUT2D eigenvalue weighted by Crippen LogP contribution is -2.05. The predicted molar refractivity (Wildman–Crippen MR) is 73.6 cm³/mol. The summed E-state index contributed by atoms with van der Waals surface area (Å²) in [6, 6.07) is 13.4. The van der Waals surface area contributed by atoms with Crippen molar-refractivity contribution in [3.63, 3.8) is 0 Å². The maximum absolute atomic E-state index is 11.1. The first-order valence-electron chi connectivity index (χ1n) is 5.92. The van der Waals surface area contributed by atoms with Crippen LogP contribution >= 0.6 is 0 Å². The first kappa shape index (κ1) is 14.1. The molecule has 2 rings (SSSR count). The summed E-state index contributed by atoms with van der Waals surface area (Å²) in [5, 5.41) is 31.5.